The Balaban J connectivity index is 2.56. The fourth-order valence-electron chi connectivity index (χ4n) is 1.53. The minimum absolute atomic E-state index is 0.741. The van der Waals surface area contributed by atoms with Gasteiger partial charge < -0.3 is 10.1 Å². The number of nitrogens with one attached hydrogen (secondary N) is 1. The molecule has 15 heavy (non-hydrogen) atoms. The summed E-state index contributed by atoms with van der Waals surface area (Å²) < 4.78 is 5.15. The van der Waals surface area contributed by atoms with Gasteiger partial charge in [-0.15, -0.1) is 0 Å². The number of hydrogen-bond acceptors (Lipinski definition) is 4. The number of methoxy groups -OCH3 is 1. The van der Waals surface area contributed by atoms with Gasteiger partial charge in [0.05, 0.1) is 18.3 Å². The zero-order valence-corrected chi connectivity index (χ0v) is 8.82. The van der Waals surface area contributed by atoms with Crippen LogP contribution in [0.3, 0.4) is 0 Å². The summed E-state index contributed by atoms with van der Waals surface area (Å²) in [7, 11) is 3.55. The fraction of sp³-hybridized carbons (Fsp3) is 0.273. The van der Waals surface area contributed by atoms with E-state index in [1.54, 1.807) is 13.4 Å². The topological polar surface area (TPSA) is 47.0 Å². The molecule has 0 saturated carbocycles. The lowest BCUT2D eigenvalue weighted by atomic mass is 10.2. The van der Waals surface area contributed by atoms with Crippen LogP contribution in [0.4, 0.5) is 0 Å². The van der Waals surface area contributed by atoms with Gasteiger partial charge in [-0.3, -0.25) is 0 Å². The number of fused-ring (bicyclic) bond motifs is 1. The average Bonchev–Trinajstić information content (AvgIpc) is 2.29. The number of benzene rings is 1. The molecule has 2 rings (SSSR count). The first-order valence-electron chi connectivity index (χ1n) is 4.77. The molecule has 2 aromatic rings. The van der Waals surface area contributed by atoms with E-state index in [0.717, 1.165) is 28.9 Å². The first-order valence-corrected chi connectivity index (χ1v) is 4.77. The van der Waals surface area contributed by atoms with Crippen LogP contribution in [-0.4, -0.2) is 24.1 Å². The summed E-state index contributed by atoms with van der Waals surface area (Å²) in [6.07, 6.45) is 1.58. The van der Waals surface area contributed by atoms with Crippen LogP contribution in [0.1, 0.15) is 5.69 Å². The van der Waals surface area contributed by atoms with E-state index in [2.05, 4.69) is 15.3 Å². The number of hydrogen-bond donors (Lipinski definition) is 1. The maximum atomic E-state index is 5.15. The minimum Gasteiger partial charge on any atom is -0.497 e. The molecule has 0 aliphatic heterocycles. The van der Waals surface area contributed by atoms with Crippen LogP contribution in [0.5, 0.6) is 5.75 Å². The number of nitrogens with zero attached hydrogens (tertiary/aromatic N) is 2. The van der Waals surface area contributed by atoms with Crippen molar-refractivity contribution < 1.29 is 4.74 Å². The molecule has 1 aromatic heterocycles. The smallest absolute Gasteiger partial charge is 0.121 e. The SMILES string of the molecule is CNCc1ncnc2cc(OC)ccc12. The molecule has 0 unspecified atom stereocenters. The Labute approximate surface area is 88.3 Å². The van der Waals surface area contributed by atoms with Crippen LogP contribution in [0.2, 0.25) is 0 Å². The van der Waals surface area contributed by atoms with Gasteiger partial charge in [-0.25, -0.2) is 9.97 Å². The Morgan fingerprint density at radius 2 is 2.20 bits per heavy atom. The average molecular weight is 203 g/mol. The lowest BCUT2D eigenvalue weighted by Gasteiger charge is -2.05. The van der Waals surface area contributed by atoms with Crippen LogP contribution in [0.15, 0.2) is 24.5 Å². The van der Waals surface area contributed by atoms with E-state index in [9.17, 15) is 0 Å². The molecule has 0 radical (unpaired) electrons. The second-order valence-electron chi connectivity index (χ2n) is 3.23. The van der Waals surface area contributed by atoms with Gasteiger partial charge in [0.25, 0.3) is 0 Å². The van der Waals surface area contributed by atoms with E-state index in [4.69, 9.17) is 4.74 Å². The summed E-state index contributed by atoms with van der Waals surface area (Å²) in [6.45, 7) is 0.741. The highest BCUT2D eigenvalue weighted by Gasteiger charge is 2.03. The predicted molar refractivity (Wildman–Crippen MR) is 58.9 cm³/mol. The lowest BCUT2D eigenvalue weighted by Crippen LogP contribution is -2.07. The van der Waals surface area contributed by atoms with Gasteiger partial charge in [0, 0.05) is 18.0 Å². The van der Waals surface area contributed by atoms with Crippen molar-refractivity contribution in [2.75, 3.05) is 14.2 Å². The molecule has 0 aliphatic rings. The molecule has 0 saturated heterocycles. The van der Waals surface area contributed by atoms with Gasteiger partial charge in [-0.2, -0.15) is 0 Å². The second-order valence-corrected chi connectivity index (χ2v) is 3.23. The summed E-state index contributed by atoms with van der Waals surface area (Å²) in [5.41, 5.74) is 1.92. The van der Waals surface area contributed by atoms with Crippen LogP contribution in [0.25, 0.3) is 10.9 Å². The van der Waals surface area contributed by atoms with E-state index in [-0.39, 0.29) is 0 Å². The normalized spacial score (nSPS) is 10.5. The largest absolute Gasteiger partial charge is 0.497 e. The molecular weight excluding hydrogens is 190 g/mol. The molecule has 0 amide bonds. The molecule has 0 aliphatic carbocycles. The van der Waals surface area contributed by atoms with Crippen LogP contribution < -0.4 is 10.1 Å². The van der Waals surface area contributed by atoms with Crippen molar-refractivity contribution in [3.63, 3.8) is 0 Å². The van der Waals surface area contributed by atoms with Gasteiger partial charge >= 0.3 is 0 Å². The summed E-state index contributed by atoms with van der Waals surface area (Å²) >= 11 is 0. The van der Waals surface area contributed by atoms with Crippen LogP contribution in [0, 0.1) is 0 Å². The predicted octanol–water partition coefficient (Wildman–Crippen LogP) is 1.36. The monoisotopic (exact) mass is 203 g/mol. The summed E-state index contributed by atoms with van der Waals surface area (Å²) in [4.78, 5) is 8.45. The fourth-order valence-corrected chi connectivity index (χ4v) is 1.53. The molecule has 4 heteroatoms. The van der Waals surface area contributed by atoms with Crippen molar-refractivity contribution >= 4 is 10.9 Å². The van der Waals surface area contributed by atoms with Gasteiger partial charge in [-0.05, 0) is 19.2 Å². The van der Waals surface area contributed by atoms with E-state index in [0.29, 0.717) is 0 Å². The molecule has 0 spiro atoms. The number of aromatic nitrogens is 2. The van der Waals surface area contributed by atoms with E-state index in [1.165, 1.54) is 0 Å². The van der Waals surface area contributed by atoms with Crippen molar-refractivity contribution in [3.05, 3.63) is 30.2 Å². The Morgan fingerprint density at radius 1 is 1.33 bits per heavy atom. The molecule has 0 bridgehead atoms. The lowest BCUT2D eigenvalue weighted by molar-refractivity contribution is 0.415. The minimum atomic E-state index is 0.741. The number of ether oxygens (including phenoxy) is 1. The maximum absolute atomic E-state index is 5.15. The molecule has 1 heterocycles. The summed E-state index contributed by atoms with van der Waals surface area (Å²) in [6, 6.07) is 5.82. The Kier molecular flexibility index (Phi) is 2.78. The van der Waals surface area contributed by atoms with Crippen LogP contribution >= 0.6 is 0 Å². The molecule has 78 valence electrons. The first-order chi connectivity index (χ1) is 7.35. The van der Waals surface area contributed by atoms with E-state index >= 15 is 0 Å². The number of rotatable bonds is 3. The quantitative estimate of drug-likeness (QED) is 0.818. The summed E-state index contributed by atoms with van der Waals surface area (Å²) in [5, 5.41) is 4.15. The Hall–Kier alpha value is -1.68. The highest BCUT2D eigenvalue weighted by molar-refractivity contribution is 5.82. The Bertz CT molecular complexity index is 470. The van der Waals surface area contributed by atoms with Gasteiger partial charge in [0.1, 0.15) is 12.1 Å². The molecule has 0 atom stereocenters. The third kappa shape index (κ3) is 1.89. The molecule has 1 N–H and O–H groups in total. The standard InChI is InChI=1S/C11H13N3O/c1-12-6-11-9-4-3-8(15-2)5-10(9)13-7-14-11/h3-5,7,12H,6H2,1-2H3. The maximum Gasteiger partial charge on any atom is 0.121 e. The Morgan fingerprint density at radius 3 is 2.93 bits per heavy atom. The van der Waals surface area contributed by atoms with Crippen molar-refractivity contribution in [1.29, 1.82) is 0 Å². The molecule has 1 aromatic carbocycles. The van der Waals surface area contributed by atoms with E-state index in [1.807, 2.05) is 25.2 Å². The highest BCUT2D eigenvalue weighted by atomic mass is 16.5. The molecule has 0 fully saturated rings. The van der Waals surface area contributed by atoms with Crippen molar-refractivity contribution in [2.45, 2.75) is 6.54 Å². The van der Waals surface area contributed by atoms with Crippen molar-refractivity contribution in [1.82, 2.24) is 15.3 Å². The highest BCUT2D eigenvalue weighted by Crippen LogP contribution is 2.20. The zero-order chi connectivity index (χ0) is 10.7. The zero-order valence-electron chi connectivity index (χ0n) is 8.82. The van der Waals surface area contributed by atoms with Crippen molar-refractivity contribution in [2.24, 2.45) is 0 Å². The molecular formula is C11H13N3O. The second kappa shape index (κ2) is 4.23. The third-order valence-corrected chi connectivity index (χ3v) is 2.27. The van der Waals surface area contributed by atoms with Gasteiger partial charge in [0.15, 0.2) is 0 Å². The van der Waals surface area contributed by atoms with E-state index < -0.39 is 0 Å². The third-order valence-electron chi connectivity index (χ3n) is 2.27. The molecule has 4 nitrogen and oxygen atoms in total. The van der Waals surface area contributed by atoms with Gasteiger partial charge in [0.2, 0.25) is 0 Å². The van der Waals surface area contributed by atoms with Crippen LogP contribution in [-0.2, 0) is 6.54 Å². The van der Waals surface area contributed by atoms with Crippen molar-refractivity contribution in [3.8, 4) is 5.75 Å². The van der Waals surface area contributed by atoms with Gasteiger partial charge in [-0.1, -0.05) is 0 Å². The first kappa shape index (κ1) is 9.86. The summed E-state index contributed by atoms with van der Waals surface area (Å²) in [5.74, 6) is 0.816.